The minimum Gasteiger partial charge on any atom is -0.454 e. The van der Waals surface area contributed by atoms with Gasteiger partial charge in [-0.15, -0.1) is 12.4 Å². The maximum Gasteiger partial charge on any atom is 0.231 e. The molecule has 0 radical (unpaired) electrons. The van der Waals surface area contributed by atoms with Crippen LogP contribution >= 0.6 is 12.4 Å². The Hall–Kier alpha value is -1.46. The fourth-order valence-electron chi connectivity index (χ4n) is 3.06. The number of hydrogen-bond donors (Lipinski definition) is 1. The number of nitrogens with one attached hydrogen (secondary N) is 1. The Morgan fingerprint density at radius 1 is 1.36 bits per heavy atom. The van der Waals surface area contributed by atoms with Crippen molar-refractivity contribution >= 4 is 18.3 Å². The quantitative estimate of drug-likeness (QED) is 0.925. The highest BCUT2D eigenvalue weighted by molar-refractivity contribution is 5.85. The number of piperidine rings is 1. The van der Waals surface area contributed by atoms with Gasteiger partial charge in [0.05, 0.1) is 0 Å². The molecule has 0 bridgehead atoms. The molecule has 2 heterocycles. The molecule has 2 atom stereocenters. The Bertz CT molecular complexity index is 538. The van der Waals surface area contributed by atoms with Gasteiger partial charge in [-0.1, -0.05) is 6.07 Å². The zero-order valence-corrected chi connectivity index (χ0v) is 13.8. The van der Waals surface area contributed by atoms with Crippen molar-refractivity contribution in [2.24, 2.45) is 5.92 Å². The molecular formula is C16H23ClN2O3. The molecule has 1 fully saturated rings. The minimum atomic E-state index is 0. The van der Waals surface area contributed by atoms with E-state index in [-0.39, 0.29) is 31.0 Å². The van der Waals surface area contributed by atoms with Gasteiger partial charge in [-0.05, 0) is 44.0 Å². The predicted molar refractivity (Wildman–Crippen MR) is 86.5 cm³/mol. The van der Waals surface area contributed by atoms with E-state index in [1.165, 1.54) is 0 Å². The van der Waals surface area contributed by atoms with E-state index in [0.29, 0.717) is 12.6 Å². The zero-order valence-electron chi connectivity index (χ0n) is 13.0. The Kier molecular flexibility index (Phi) is 5.53. The number of benzene rings is 1. The molecule has 1 saturated heterocycles. The topological polar surface area (TPSA) is 50.8 Å². The van der Waals surface area contributed by atoms with Gasteiger partial charge in [-0.25, -0.2) is 0 Å². The largest absolute Gasteiger partial charge is 0.454 e. The summed E-state index contributed by atoms with van der Waals surface area (Å²) in [5.41, 5.74) is 1.07. The van der Waals surface area contributed by atoms with Crippen molar-refractivity contribution in [3.05, 3.63) is 23.8 Å². The third-order valence-electron chi connectivity index (χ3n) is 4.21. The number of ether oxygens (including phenoxy) is 2. The number of nitrogens with zero attached hydrogens (tertiary/aromatic N) is 1. The van der Waals surface area contributed by atoms with Crippen LogP contribution in [-0.4, -0.2) is 37.2 Å². The van der Waals surface area contributed by atoms with Crippen LogP contribution in [0.3, 0.4) is 0 Å². The van der Waals surface area contributed by atoms with E-state index in [1.807, 2.05) is 30.1 Å². The third-order valence-corrected chi connectivity index (χ3v) is 4.21. The van der Waals surface area contributed by atoms with E-state index in [0.717, 1.165) is 36.4 Å². The van der Waals surface area contributed by atoms with Crippen LogP contribution in [0, 0.1) is 5.92 Å². The van der Waals surface area contributed by atoms with E-state index in [2.05, 4.69) is 12.2 Å². The molecule has 1 aromatic carbocycles. The van der Waals surface area contributed by atoms with Gasteiger partial charge in [0.2, 0.25) is 12.7 Å². The van der Waals surface area contributed by atoms with E-state index in [4.69, 9.17) is 9.47 Å². The molecule has 122 valence electrons. The highest BCUT2D eigenvalue weighted by Gasteiger charge is 2.27. The van der Waals surface area contributed by atoms with Crippen LogP contribution in [0.15, 0.2) is 18.2 Å². The Morgan fingerprint density at radius 2 is 2.14 bits per heavy atom. The summed E-state index contributed by atoms with van der Waals surface area (Å²) >= 11 is 0. The molecule has 2 aliphatic rings. The second-order valence-electron chi connectivity index (χ2n) is 5.96. The van der Waals surface area contributed by atoms with E-state index in [1.54, 1.807) is 0 Å². The van der Waals surface area contributed by atoms with Gasteiger partial charge >= 0.3 is 0 Å². The summed E-state index contributed by atoms with van der Waals surface area (Å²) in [7, 11) is 1.87. The van der Waals surface area contributed by atoms with Crippen LogP contribution in [-0.2, 0) is 11.3 Å². The van der Waals surface area contributed by atoms with Crippen LogP contribution in [0.4, 0.5) is 0 Å². The van der Waals surface area contributed by atoms with E-state index in [9.17, 15) is 4.79 Å². The third kappa shape index (κ3) is 3.65. The summed E-state index contributed by atoms with van der Waals surface area (Å²) in [5.74, 6) is 1.92. The second kappa shape index (κ2) is 7.20. The zero-order chi connectivity index (χ0) is 14.8. The number of carbonyl (C=O) groups is 1. The van der Waals surface area contributed by atoms with E-state index >= 15 is 0 Å². The molecule has 5 nitrogen and oxygen atoms in total. The molecule has 1 N–H and O–H groups in total. The van der Waals surface area contributed by atoms with Crippen molar-refractivity contribution < 1.29 is 14.3 Å². The van der Waals surface area contributed by atoms with Crippen molar-refractivity contribution in [2.45, 2.75) is 32.4 Å². The predicted octanol–water partition coefficient (Wildman–Crippen LogP) is 2.18. The van der Waals surface area contributed by atoms with Gasteiger partial charge in [0.1, 0.15) is 0 Å². The van der Waals surface area contributed by atoms with Gasteiger partial charge < -0.3 is 19.7 Å². The Morgan fingerprint density at radius 3 is 2.91 bits per heavy atom. The first-order valence-electron chi connectivity index (χ1n) is 7.50. The average molecular weight is 327 g/mol. The SMILES string of the molecule is C[C@H]1C[C@@H](C(=O)N(C)Cc2ccc3c(c2)OCO3)CCN1.Cl. The first-order valence-corrected chi connectivity index (χ1v) is 7.50. The van der Waals surface area contributed by atoms with Crippen LogP contribution in [0.25, 0.3) is 0 Å². The number of amides is 1. The lowest BCUT2D eigenvalue weighted by Gasteiger charge is -2.30. The monoisotopic (exact) mass is 326 g/mol. The molecule has 3 rings (SSSR count). The number of rotatable bonds is 3. The molecule has 6 heteroatoms. The molecule has 1 aromatic rings. The van der Waals surface area contributed by atoms with E-state index < -0.39 is 0 Å². The van der Waals surface area contributed by atoms with Crippen molar-refractivity contribution in [1.29, 1.82) is 0 Å². The molecule has 22 heavy (non-hydrogen) atoms. The maximum atomic E-state index is 12.5. The highest BCUT2D eigenvalue weighted by atomic mass is 35.5. The maximum absolute atomic E-state index is 12.5. The van der Waals surface area contributed by atoms with Crippen molar-refractivity contribution in [1.82, 2.24) is 10.2 Å². The number of hydrogen-bond acceptors (Lipinski definition) is 4. The number of carbonyl (C=O) groups excluding carboxylic acids is 1. The number of halogens is 1. The van der Waals surface area contributed by atoms with Gasteiger partial charge in [0, 0.05) is 25.6 Å². The minimum absolute atomic E-state index is 0. The smallest absolute Gasteiger partial charge is 0.231 e. The lowest BCUT2D eigenvalue weighted by atomic mass is 9.92. The molecule has 0 spiro atoms. The molecule has 1 amide bonds. The number of fused-ring (bicyclic) bond motifs is 1. The summed E-state index contributed by atoms with van der Waals surface area (Å²) in [4.78, 5) is 14.3. The first kappa shape index (κ1) is 16.9. The Labute approximate surface area is 137 Å². The average Bonchev–Trinajstić information content (AvgIpc) is 2.94. The summed E-state index contributed by atoms with van der Waals surface area (Å²) in [6.07, 6.45) is 1.85. The van der Waals surface area contributed by atoms with Crippen LogP contribution in [0.5, 0.6) is 11.5 Å². The lowest BCUT2D eigenvalue weighted by molar-refractivity contribution is -0.135. The van der Waals surface area contributed by atoms with Crippen molar-refractivity contribution in [3.63, 3.8) is 0 Å². The summed E-state index contributed by atoms with van der Waals surface area (Å²) < 4.78 is 10.7. The van der Waals surface area contributed by atoms with Crippen LogP contribution < -0.4 is 14.8 Å². The first-order chi connectivity index (χ1) is 10.1. The highest BCUT2D eigenvalue weighted by Crippen LogP contribution is 2.32. The van der Waals surface area contributed by atoms with Crippen LogP contribution in [0.2, 0.25) is 0 Å². The molecule has 0 saturated carbocycles. The summed E-state index contributed by atoms with van der Waals surface area (Å²) in [6.45, 7) is 3.95. The standard InChI is InChI=1S/C16H22N2O3.ClH/c1-11-7-13(5-6-17-11)16(19)18(2)9-12-3-4-14-15(8-12)21-10-20-14;/h3-4,8,11,13,17H,5-7,9-10H2,1-2H3;1H/t11-,13-;/m0./s1. The fourth-order valence-corrected chi connectivity index (χ4v) is 3.06. The van der Waals surface area contributed by atoms with Gasteiger partial charge in [-0.2, -0.15) is 0 Å². The molecule has 2 aliphatic heterocycles. The normalized spacial score (nSPS) is 22.8. The van der Waals surface area contributed by atoms with Gasteiger partial charge in [-0.3, -0.25) is 4.79 Å². The Balaban J connectivity index is 0.00000176. The van der Waals surface area contributed by atoms with Crippen molar-refractivity contribution in [3.8, 4) is 11.5 Å². The molecule has 0 aliphatic carbocycles. The summed E-state index contributed by atoms with van der Waals surface area (Å²) in [6, 6.07) is 6.27. The second-order valence-corrected chi connectivity index (χ2v) is 5.96. The summed E-state index contributed by atoms with van der Waals surface area (Å²) in [5, 5.41) is 3.38. The fraction of sp³-hybridized carbons (Fsp3) is 0.562. The molecule has 0 aromatic heterocycles. The van der Waals surface area contributed by atoms with Gasteiger partial charge in [0.25, 0.3) is 0 Å². The molecule has 0 unspecified atom stereocenters. The van der Waals surface area contributed by atoms with Crippen LogP contribution in [0.1, 0.15) is 25.3 Å². The molecular weight excluding hydrogens is 304 g/mol. The van der Waals surface area contributed by atoms with Gasteiger partial charge in [0.15, 0.2) is 11.5 Å². The lowest BCUT2D eigenvalue weighted by Crippen LogP contribution is -2.42. The van der Waals surface area contributed by atoms with Crippen molar-refractivity contribution in [2.75, 3.05) is 20.4 Å².